The molecule has 0 aliphatic carbocycles. The third-order valence-electron chi connectivity index (χ3n) is 7.69. The van der Waals surface area contributed by atoms with Gasteiger partial charge in [0.05, 0.1) is 64.8 Å². The molecule has 14 heteroatoms. The second-order valence-corrected chi connectivity index (χ2v) is 12.1. The molecule has 0 fully saturated rings. The lowest BCUT2D eigenvalue weighted by molar-refractivity contribution is -0.184. The lowest BCUT2D eigenvalue weighted by atomic mass is 9.90. The number of carbonyl (C=O) groups is 2. The summed E-state index contributed by atoms with van der Waals surface area (Å²) in [6.07, 6.45) is 0.920. The van der Waals surface area contributed by atoms with Crippen LogP contribution in [0.25, 0.3) is 16.6 Å². The monoisotopic (exact) mass is 706 g/mol. The molecule has 49 heavy (non-hydrogen) atoms. The quantitative estimate of drug-likeness (QED) is 0.127. The van der Waals surface area contributed by atoms with E-state index in [9.17, 15) is 14.7 Å². The third-order valence-corrected chi connectivity index (χ3v) is 9.39. The highest BCUT2D eigenvalue weighted by molar-refractivity contribution is 7.10. The Bertz CT molecular complexity index is 1990. The normalized spacial score (nSPS) is 15.3. The van der Waals surface area contributed by atoms with Crippen LogP contribution in [0.2, 0.25) is 0 Å². The van der Waals surface area contributed by atoms with E-state index >= 15 is 0 Å². The molecule has 1 unspecified atom stereocenters. The van der Waals surface area contributed by atoms with Crippen molar-refractivity contribution in [2.24, 2.45) is 0 Å². The number of hydrogen-bond donors (Lipinski definition) is 1. The van der Waals surface area contributed by atoms with Crippen LogP contribution in [0, 0.1) is 6.92 Å². The van der Waals surface area contributed by atoms with Gasteiger partial charge in [-0.1, -0.05) is 6.07 Å². The molecule has 1 N–H and O–H groups in total. The number of aliphatic hydroxyl groups is 1. The fraction of sp³-hybridized carbons (Fsp3) is 0.257. The van der Waals surface area contributed by atoms with Crippen molar-refractivity contribution < 1.29 is 47.9 Å². The average Bonchev–Trinajstić information content (AvgIpc) is 3.84. The Hall–Kier alpha value is -5.18. The summed E-state index contributed by atoms with van der Waals surface area (Å²) in [7, 11) is 9.13. The summed E-state index contributed by atoms with van der Waals surface area (Å²) in [4.78, 5) is 24.4. The first kappa shape index (κ1) is 35.1. The first-order chi connectivity index (χ1) is 23.6. The number of nitrogens with zero attached hydrogens (tertiary/aromatic N) is 2. The number of aromatic nitrogens is 2. The van der Waals surface area contributed by atoms with Crippen molar-refractivity contribution in [1.82, 2.24) is 8.75 Å². The van der Waals surface area contributed by atoms with Crippen LogP contribution in [-0.2, 0) is 21.7 Å². The average molecular weight is 707 g/mol. The van der Waals surface area contributed by atoms with Crippen molar-refractivity contribution >= 4 is 51.9 Å². The minimum absolute atomic E-state index is 0.193. The van der Waals surface area contributed by atoms with Gasteiger partial charge in [-0.25, -0.2) is 4.79 Å². The van der Waals surface area contributed by atoms with Crippen LogP contribution < -0.4 is 28.4 Å². The van der Waals surface area contributed by atoms with Gasteiger partial charge in [0, 0.05) is 17.6 Å². The first-order valence-corrected chi connectivity index (χ1v) is 16.3. The van der Waals surface area contributed by atoms with E-state index in [0.717, 1.165) is 34.7 Å². The molecule has 0 saturated heterocycles. The number of esters is 1. The molecule has 6 rings (SSSR count). The second-order valence-electron chi connectivity index (χ2n) is 10.6. The third kappa shape index (κ3) is 6.88. The van der Waals surface area contributed by atoms with Crippen LogP contribution in [0.15, 0.2) is 59.5 Å². The van der Waals surface area contributed by atoms with E-state index in [-0.39, 0.29) is 6.42 Å². The van der Waals surface area contributed by atoms with E-state index < -0.39 is 11.8 Å². The molecule has 0 amide bonds. The van der Waals surface area contributed by atoms with Gasteiger partial charge in [-0.2, -0.15) is 8.75 Å². The number of fused-ring (bicyclic) bond motifs is 1. The van der Waals surface area contributed by atoms with E-state index in [1.807, 2.05) is 18.4 Å². The van der Waals surface area contributed by atoms with Crippen molar-refractivity contribution in [2.45, 2.75) is 19.1 Å². The summed E-state index contributed by atoms with van der Waals surface area (Å²) in [6.45, 7) is 1.92. The molecule has 0 saturated carbocycles. The van der Waals surface area contributed by atoms with E-state index in [2.05, 4.69) is 8.75 Å². The maximum absolute atomic E-state index is 13.3. The van der Waals surface area contributed by atoms with Crippen molar-refractivity contribution in [2.75, 3.05) is 42.7 Å². The van der Waals surface area contributed by atoms with Crippen molar-refractivity contribution in [3.05, 3.63) is 86.6 Å². The van der Waals surface area contributed by atoms with Gasteiger partial charge in [0.15, 0.2) is 23.0 Å². The Kier molecular flexibility index (Phi) is 10.7. The van der Waals surface area contributed by atoms with E-state index in [1.165, 1.54) is 54.0 Å². The molecular formula is C35H34N2O10S2. The number of aldehydes is 1. The molecule has 12 nitrogen and oxygen atoms in total. The molecule has 0 spiro atoms. The Morgan fingerprint density at radius 1 is 0.796 bits per heavy atom. The molecule has 5 aromatic rings. The molecule has 1 aliphatic rings. The Morgan fingerprint density at radius 3 is 1.88 bits per heavy atom. The van der Waals surface area contributed by atoms with Crippen LogP contribution in [0.1, 0.15) is 31.9 Å². The SMILES string of the molecule is COc1cc(C=O)cc(OC)c1OC.COc1cc(CC2=C(c3ccc4nsnc4c3)C(=O)OC2(O)c2cc(C)cs2)cc(OC)c1OC. The molecule has 2 aromatic heterocycles. The molecular weight excluding hydrogens is 673 g/mol. The summed E-state index contributed by atoms with van der Waals surface area (Å²) >= 11 is 2.43. The van der Waals surface area contributed by atoms with Crippen molar-refractivity contribution in [3.63, 3.8) is 0 Å². The highest BCUT2D eigenvalue weighted by atomic mass is 32.1. The minimum atomic E-state index is -1.92. The van der Waals surface area contributed by atoms with E-state index in [4.69, 9.17) is 33.2 Å². The maximum atomic E-state index is 13.3. The van der Waals surface area contributed by atoms with Gasteiger partial charge >= 0.3 is 5.97 Å². The predicted molar refractivity (Wildman–Crippen MR) is 185 cm³/mol. The number of methoxy groups -OCH3 is 6. The smallest absolute Gasteiger partial charge is 0.342 e. The highest BCUT2D eigenvalue weighted by Gasteiger charge is 2.49. The molecule has 256 valence electrons. The fourth-order valence-electron chi connectivity index (χ4n) is 5.40. The summed E-state index contributed by atoms with van der Waals surface area (Å²) in [5.74, 6) is 0.324. The number of benzene rings is 3. The largest absolute Gasteiger partial charge is 0.493 e. The van der Waals surface area contributed by atoms with Crippen LogP contribution in [0.5, 0.6) is 34.5 Å². The van der Waals surface area contributed by atoms with Gasteiger partial charge in [-0.15, -0.1) is 11.3 Å². The van der Waals surface area contributed by atoms with Gasteiger partial charge in [0.25, 0.3) is 5.79 Å². The lowest BCUT2D eigenvalue weighted by Crippen LogP contribution is -2.28. The zero-order valence-electron chi connectivity index (χ0n) is 27.8. The van der Waals surface area contributed by atoms with Gasteiger partial charge in [-0.3, -0.25) is 4.79 Å². The van der Waals surface area contributed by atoms with Crippen molar-refractivity contribution in [3.8, 4) is 34.5 Å². The molecule has 1 aliphatic heterocycles. The van der Waals surface area contributed by atoms with Crippen LogP contribution in [0.3, 0.4) is 0 Å². The maximum Gasteiger partial charge on any atom is 0.342 e. The number of ether oxygens (including phenoxy) is 7. The number of hydrogen-bond acceptors (Lipinski definition) is 14. The van der Waals surface area contributed by atoms with Crippen LogP contribution in [0.4, 0.5) is 0 Å². The Morgan fingerprint density at radius 2 is 1.37 bits per heavy atom. The summed E-state index contributed by atoms with van der Waals surface area (Å²) < 4.78 is 45.9. The summed E-state index contributed by atoms with van der Waals surface area (Å²) in [5, 5.41) is 13.7. The zero-order chi connectivity index (χ0) is 35.3. The number of aryl methyl sites for hydroxylation is 1. The van der Waals surface area contributed by atoms with Crippen LogP contribution in [-0.4, -0.2) is 68.8 Å². The number of carbonyl (C=O) groups excluding carboxylic acids is 2. The minimum Gasteiger partial charge on any atom is -0.493 e. The number of rotatable bonds is 11. The Balaban J connectivity index is 0.000000281. The van der Waals surface area contributed by atoms with E-state index in [1.54, 1.807) is 42.5 Å². The zero-order valence-corrected chi connectivity index (χ0v) is 29.4. The first-order valence-electron chi connectivity index (χ1n) is 14.7. The lowest BCUT2D eigenvalue weighted by Gasteiger charge is -2.24. The van der Waals surface area contributed by atoms with E-state index in [0.29, 0.717) is 67.2 Å². The standard InChI is InChI=1S/C25H22N2O6S2.C10H12O4/c1-13-7-21(34-12-13)25(29)16(8-14-9-19(30-2)23(32-4)20(10-14)31-3)22(24(28)33-25)15-5-6-17-18(11-15)27-35-26-17;1-12-8-4-7(6-11)5-9(13-2)10(8)14-3/h5-7,9-12,29H,8H2,1-4H3;4-6H,1-3H3. The summed E-state index contributed by atoms with van der Waals surface area (Å²) in [5.41, 5.74) is 4.91. The number of thiophene rings is 1. The molecule has 0 bridgehead atoms. The molecule has 0 radical (unpaired) electrons. The van der Waals surface area contributed by atoms with Crippen molar-refractivity contribution in [1.29, 1.82) is 0 Å². The van der Waals surface area contributed by atoms with Gasteiger partial charge in [0.2, 0.25) is 11.5 Å². The predicted octanol–water partition coefficient (Wildman–Crippen LogP) is 6.01. The van der Waals surface area contributed by atoms with Gasteiger partial charge in [-0.05, 0) is 71.5 Å². The molecule has 1 atom stereocenters. The van der Waals surface area contributed by atoms with Gasteiger partial charge in [0.1, 0.15) is 17.3 Å². The highest BCUT2D eigenvalue weighted by Crippen LogP contribution is 2.48. The molecule has 3 aromatic carbocycles. The topological polar surface area (TPSA) is 145 Å². The Labute approximate surface area is 290 Å². The van der Waals surface area contributed by atoms with Gasteiger partial charge < -0.3 is 38.3 Å². The summed E-state index contributed by atoms with van der Waals surface area (Å²) in [6, 6.07) is 14.0. The van der Waals surface area contributed by atoms with Crippen LogP contribution >= 0.6 is 23.1 Å². The number of cyclic esters (lactones) is 1. The molecule has 3 heterocycles. The fourth-order valence-corrected chi connectivity index (χ4v) is 6.87. The second kappa shape index (κ2) is 14.9.